The number of hydrogen-bond acceptors (Lipinski definition) is 4. The fraction of sp³-hybridized carbons (Fsp3) is 0.778. The van der Waals surface area contributed by atoms with Gasteiger partial charge in [-0.3, -0.25) is 9.59 Å². The normalized spacial score (nSPS) is 52.5. The highest BCUT2D eigenvalue weighted by molar-refractivity contribution is 6.00. The minimum absolute atomic E-state index is 0.0750. The summed E-state index contributed by atoms with van der Waals surface area (Å²) in [6.07, 6.45) is 1.59. The van der Waals surface area contributed by atoms with Gasteiger partial charge in [0, 0.05) is 0 Å². The molecule has 3 rings (SSSR count). The molecule has 0 unspecified atom stereocenters. The molecule has 13 heavy (non-hydrogen) atoms. The molecule has 3 aliphatic rings. The van der Waals surface area contributed by atoms with E-state index in [1.54, 1.807) is 6.92 Å². The summed E-state index contributed by atoms with van der Waals surface area (Å²) in [4.78, 5) is 22.8. The molecule has 2 bridgehead atoms. The van der Waals surface area contributed by atoms with Crippen LogP contribution in [0.4, 0.5) is 0 Å². The van der Waals surface area contributed by atoms with Gasteiger partial charge in [0.25, 0.3) is 0 Å². The van der Waals surface area contributed by atoms with Crippen LogP contribution in [0.1, 0.15) is 19.8 Å². The molecule has 3 fully saturated rings. The van der Waals surface area contributed by atoms with Crippen LogP contribution in [0.3, 0.4) is 0 Å². The van der Waals surface area contributed by atoms with E-state index < -0.39 is 11.4 Å². The highest BCUT2D eigenvalue weighted by atomic mass is 16.6. The summed E-state index contributed by atoms with van der Waals surface area (Å²) in [6, 6.07) is 0. The second-order valence-electron chi connectivity index (χ2n) is 4.21. The zero-order valence-corrected chi connectivity index (χ0v) is 7.28. The van der Waals surface area contributed by atoms with Crippen LogP contribution >= 0.6 is 0 Å². The Morgan fingerprint density at radius 3 is 2.85 bits per heavy atom. The van der Waals surface area contributed by atoms with Crippen LogP contribution in [0.2, 0.25) is 0 Å². The smallest absolute Gasteiger partial charge is 0.323 e. The first-order chi connectivity index (χ1) is 6.14. The lowest BCUT2D eigenvalue weighted by molar-refractivity contribution is -0.158. The van der Waals surface area contributed by atoms with Crippen molar-refractivity contribution in [2.75, 3.05) is 0 Å². The van der Waals surface area contributed by atoms with Gasteiger partial charge < -0.3 is 9.47 Å². The van der Waals surface area contributed by atoms with Crippen molar-refractivity contribution >= 4 is 11.9 Å². The SMILES string of the molecule is C[C@@]12C(=O)OC(=O)[C@@H]1[C@H]1CC[C@H]2O1. The summed E-state index contributed by atoms with van der Waals surface area (Å²) in [7, 11) is 0. The molecule has 0 aromatic carbocycles. The van der Waals surface area contributed by atoms with Gasteiger partial charge in [-0.15, -0.1) is 0 Å². The average Bonchev–Trinajstić information content (AvgIpc) is 2.66. The van der Waals surface area contributed by atoms with Gasteiger partial charge in [0.05, 0.1) is 12.2 Å². The van der Waals surface area contributed by atoms with E-state index in [4.69, 9.17) is 4.74 Å². The average molecular weight is 182 g/mol. The molecule has 0 aromatic rings. The van der Waals surface area contributed by atoms with E-state index in [-0.39, 0.29) is 24.1 Å². The van der Waals surface area contributed by atoms with Gasteiger partial charge in [-0.2, -0.15) is 0 Å². The van der Waals surface area contributed by atoms with Gasteiger partial charge in [0.2, 0.25) is 0 Å². The van der Waals surface area contributed by atoms with Crippen LogP contribution in [0.5, 0.6) is 0 Å². The van der Waals surface area contributed by atoms with Crippen LogP contribution in [0.15, 0.2) is 0 Å². The largest absolute Gasteiger partial charge is 0.392 e. The highest BCUT2D eigenvalue weighted by Crippen LogP contribution is 2.55. The number of hydrogen-bond donors (Lipinski definition) is 0. The standard InChI is InChI=1S/C9H10O4/c1-9-5-3-2-4(12-5)6(9)7(10)13-8(9)11/h4-6H,2-3H2,1H3/t4-,5-,6+,9+/m1/s1. The molecule has 0 spiro atoms. The van der Waals surface area contributed by atoms with Crippen LogP contribution < -0.4 is 0 Å². The van der Waals surface area contributed by atoms with Crippen molar-refractivity contribution in [3.8, 4) is 0 Å². The summed E-state index contributed by atoms with van der Waals surface area (Å²) in [6.45, 7) is 1.79. The fourth-order valence-corrected chi connectivity index (χ4v) is 2.86. The number of cyclic esters (lactones) is 2. The summed E-state index contributed by atoms with van der Waals surface area (Å²) >= 11 is 0. The van der Waals surface area contributed by atoms with Crippen molar-refractivity contribution < 1.29 is 19.1 Å². The molecule has 70 valence electrons. The molecule has 0 amide bonds. The zero-order valence-electron chi connectivity index (χ0n) is 7.28. The fourth-order valence-electron chi connectivity index (χ4n) is 2.86. The number of carbonyl (C=O) groups is 2. The second kappa shape index (κ2) is 1.95. The van der Waals surface area contributed by atoms with Crippen molar-refractivity contribution in [2.24, 2.45) is 11.3 Å². The Kier molecular flexibility index (Phi) is 1.12. The Labute approximate surface area is 75.2 Å². The van der Waals surface area contributed by atoms with Gasteiger partial charge in [-0.05, 0) is 19.8 Å². The topological polar surface area (TPSA) is 52.6 Å². The molecule has 0 aromatic heterocycles. The van der Waals surface area contributed by atoms with E-state index in [2.05, 4.69) is 4.74 Å². The summed E-state index contributed by atoms with van der Waals surface area (Å²) in [5.41, 5.74) is -0.681. The third-order valence-corrected chi connectivity index (χ3v) is 3.63. The predicted octanol–water partition coefficient (Wildman–Crippen LogP) is 0.253. The lowest BCUT2D eigenvalue weighted by atomic mass is 9.69. The number of carbonyl (C=O) groups excluding carboxylic acids is 2. The summed E-state index contributed by atoms with van der Waals surface area (Å²) in [5.74, 6) is -1.12. The zero-order chi connectivity index (χ0) is 9.22. The van der Waals surface area contributed by atoms with Crippen molar-refractivity contribution in [1.29, 1.82) is 0 Å². The van der Waals surface area contributed by atoms with Crippen molar-refractivity contribution in [2.45, 2.75) is 32.0 Å². The van der Waals surface area contributed by atoms with E-state index in [1.807, 2.05) is 0 Å². The minimum Gasteiger partial charge on any atom is -0.392 e. The van der Waals surface area contributed by atoms with Crippen LogP contribution in [-0.2, 0) is 19.1 Å². The van der Waals surface area contributed by atoms with Crippen LogP contribution in [-0.4, -0.2) is 24.1 Å². The van der Waals surface area contributed by atoms with E-state index in [0.29, 0.717) is 0 Å². The summed E-state index contributed by atoms with van der Waals surface area (Å²) in [5, 5.41) is 0. The Hall–Kier alpha value is -0.900. The van der Waals surface area contributed by atoms with Gasteiger partial charge in [0.1, 0.15) is 11.3 Å². The molecule has 3 heterocycles. The lowest BCUT2D eigenvalue weighted by Gasteiger charge is -2.25. The molecule has 4 nitrogen and oxygen atoms in total. The molecule has 0 radical (unpaired) electrons. The molecular weight excluding hydrogens is 172 g/mol. The number of esters is 2. The van der Waals surface area contributed by atoms with Crippen molar-refractivity contribution in [1.82, 2.24) is 0 Å². The number of rotatable bonds is 0. The monoisotopic (exact) mass is 182 g/mol. The maximum Gasteiger partial charge on any atom is 0.323 e. The molecule has 0 saturated carbocycles. The predicted molar refractivity (Wildman–Crippen MR) is 40.6 cm³/mol. The second-order valence-corrected chi connectivity index (χ2v) is 4.21. The van der Waals surface area contributed by atoms with Gasteiger partial charge in [0.15, 0.2) is 0 Å². The lowest BCUT2D eigenvalue weighted by Crippen LogP contribution is -2.40. The molecule has 0 aliphatic carbocycles. The number of ether oxygens (including phenoxy) is 2. The quantitative estimate of drug-likeness (QED) is 0.398. The first kappa shape index (κ1) is 7.50. The van der Waals surface area contributed by atoms with E-state index in [0.717, 1.165) is 12.8 Å². The minimum atomic E-state index is -0.681. The maximum absolute atomic E-state index is 11.5. The Bertz CT molecular complexity index is 311. The van der Waals surface area contributed by atoms with E-state index >= 15 is 0 Å². The third kappa shape index (κ3) is 0.633. The van der Waals surface area contributed by atoms with Crippen LogP contribution in [0, 0.1) is 11.3 Å². The Morgan fingerprint density at radius 2 is 2.15 bits per heavy atom. The molecule has 3 saturated heterocycles. The molecule has 4 heteroatoms. The van der Waals surface area contributed by atoms with E-state index in [1.165, 1.54) is 0 Å². The molecular formula is C9H10O4. The first-order valence-electron chi connectivity index (χ1n) is 4.55. The Balaban J connectivity index is 2.12. The van der Waals surface area contributed by atoms with E-state index in [9.17, 15) is 9.59 Å². The molecule has 4 atom stereocenters. The van der Waals surface area contributed by atoms with Gasteiger partial charge >= 0.3 is 11.9 Å². The Morgan fingerprint density at radius 1 is 1.38 bits per heavy atom. The van der Waals surface area contributed by atoms with Crippen molar-refractivity contribution in [3.63, 3.8) is 0 Å². The molecule has 3 aliphatic heterocycles. The maximum atomic E-state index is 11.5. The number of fused-ring (bicyclic) bond motifs is 5. The van der Waals surface area contributed by atoms with Crippen LogP contribution in [0.25, 0.3) is 0 Å². The summed E-state index contributed by atoms with van der Waals surface area (Å²) < 4.78 is 10.2. The van der Waals surface area contributed by atoms with Crippen molar-refractivity contribution in [3.05, 3.63) is 0 Å². The molecule has 0 N–H and O–H groups in total. The first-order valence-corrected chi connectivity index (χ1v) is 4.55. The van der Waals surface area contributed by atoms with Gasteiger partial charge in [-0.25, -0.2) is 0 Å². The van der Waals surface area contributed by atoms with Gasteiger partial charge in [-0.1, -0.05) is 0 Å². The highest BCUT2D eigenvalue weighted by Gasteiger charge is 2.69. The third-order valence-electron chi connectivity index (χ3n) is 3.63.